The van der Waals surface area contributed by atoms with Crippen LogP contribution in [0.5, 0.6) is 0 Å². The summed E-state index contributed by atoms with van der Waals surface area (Å²) in [5, 5.41) is 2.93. The summed E-state index contributed by atoms with van der Waals surface area (Å²) in [6.07, 6.45) is -4.34. The van der Waals surface area contributed by atoms with E-state index in [9.17, 15) is 13.2 Å². The average molecular weight is 360 g/mol. The molecule has 142 valence electrons. The standard InChI is InChI=1S/C17H27F3N4O/c1-4-24(5-2)15(12-23-16(21)22-10-11-25-3)13-6-8-14(9-7-13)17(18,19)20/h6-9,15H,4-5,10-12H2,1-3H3,(H3,21,22,23). The first-order chi connectivity index (χ1) is 11.8. The zero-order valence-electron chi connectivity index (χ0n) is 14.9. The number of nitrogens with zero attached hydrogens (tertiary/aromatic N) is 2. The predicted molar refractivity (Wildman–Crippen MR) is 93.5 cm³/mol. The van der Waals surface area contributed by atoms with Gasteiger partial charge < -0.3 is 15.8 Å². The Morgan fingerprint density at radius 2 is 1.84 bits per heavy atom. The molecular formula is C17H27F3N4O. The van der Waals surface area contributed by atoms with E-state index in [-0.39, 0.29) is 6.04 Å². The lowest BCUT2D eigenvalue weighted by molar-refractivity contribution is -0.137. The number of benzene rings is 1. The van der Waals surface area contributed by atoms with Crippen molar-refractivity contribution in [2.24, 2.45) is 10.7 Å². The number of likely N-dealkylation sites (N-methyl/N-ethyl adjacent to an activating group) is 1. The maximum atomic E-state index is 12.7. The highest BCUT2D eigenvalue weighted by Gasteiger charge is 2.30. The number of alkyl halides is 3. The van der Waals surface area contributed by atoms with E-state index < -0.39 is 11.7 Å². The van der Waals surface area contributed by atoms with Gasteiger partial charge in [-0.1, -0.05) is 26.0 Å². The summed E-state index contributed by atoms with van der Waals surface area (Å²) in [7, 11) is 1.59. The fourth-order valence-electron chi connectivity index (χ4n) is 2.51. The lowest BCUT2D eigenvalue weighted by Gasteiger charge is -2.29. The number of rotatable bonds is 9. The molecule has 1 aromatic carbocycles. The second-order valence-corrected chi connectivity index (χ2v) is 5.50. The van der Waals surface area contributed by atoms with Gasteiger partial charge in [0.2, 0.25) is 0 Å². The molecule has 0 radical (unpaired) electrons. The summed E-state index contributed by atoms with van der Waals surface area (Å²) < 4.78 is 43.2. The Bertz CT molecular complexity index is 528. The van der Waals surface area contributed by atoms with Gasteiger partial charge in [0, 0.05) is 13.7 Å². The first-order valence-electron chi connectivity index (χ1n) is 8.27. The third-order valence-corrected chi connectivity index (χ3v) is 3.92. The van der Waals surface area contributed by atoms with E-state index in [2.05, 4.69) is 15.2 Å². The van der Waals surface area contributed by atoms with E-state index >= 15 is 0 Å². The summed E-state index contributed by atoms with van der Waals surface area (Å²) in [5.74, 6) is 0.293. The van der Waals surface area contributed by atoms with Crippen LogP contribution in [0.2, 0.25) is 0 Å². The minimum absolute atomic E-state index is 0.139. The largest absolute Gasteiger partial charge is 0.416 e. The fourth-order valence-corrected chi connectivity index (χ4v) is 2.51. The van der Waals surface area contributed by atoms with Crippen molar-refractivity contribution in [1.82, 2.24) is 10.2 Å². The van der Waals surface area contributed by atoms with Crippen molar-refractivity contribution in [1.29, 1.82) is 0 Å². The lowest BCUT2D eigenvalue weighted by atomic mass is 10.0. The van der Waals surface area contributed by atoms with Gasteiger partial charge in [-0.15, -0.1) is 0 Å². The van der Waals surface area contributed by atoms with E-state index in [0.717, 1.165) is 30.8 Å². The maximum Gasteiger partial charge on any atom is 0.416 e. The Hall–Kier alpha value is -1.80. The predicted octanol–water partition coefficient (Wildman–Crippen LogP) is 2.64. The van der Waals surface area contributed by atoms with Crippen LogP contribution in [0, 0.1) is 0 Å². The van der Waals surface area contributed by atoms with Gasteiger partial charge in [0.15, 0.2) is 5.96 Å². The molecule has 0 heterocycles. The van der Waals surface area contributed by atoms with Crippen molar-refractivity contribution in [2.45, 2.75) is 26.1 Å². The van der Waals surface area contributed by atoms with Crippen LogP contribution in [0.3, 0.4) is 0 Å². The molecule has 3 N–H and O–H groups in total. The number of nitrogens with two attached hydrogens (primary N) is 1. The molecule has 1 unspecified atom stereocenters. The van der Waals surface area contributed by atoms with Crippen molar-refractivity contribution in [3.05, 3.63) is 35.4 Å². The number of hydrogen-bond donors (Lipinski definition) is 2. The first kappa shape index (κ1) is 21.2. The molecule has 0 spiro atoms. The SMILES string of the molecule is CCN(CC)C(CN=C(N)NCCOC)c1ccc(C(F)(F)F)cc1. The molecular weight excluding hydrogens is 333 g/mol. The number of ether oxygens (including phenoxy) is 1. The number of nitrogens with one attached hydrogen (secondary N) is 1. The Morgan fingerprint density at radius 1 is 1.24 bits per heavy atom. The molecule has 0 aliphatic rings. The first-order valence-corrected chi connectivity index (χ1v) is 8.27. The Kier molecular flexibility index (Phi) is 8.71. The van der Waals surface area contributed by atoms with E-state index in [1.54, 1.807) is 7.11 Å². The van der Waals surface area contributed by atoms with Gasteiger partial charge in [0.05, 0.1) is 24.8 Å². The highest BCUT2D eigenvalue weighted by Crippen LogP contribution is 2.30. The molecule has 0 aliphatic heterocycles. The smallest absolute Gasteiger partial charge is 0.383 e. The monoisotopic (exact) mass is 360 g/mol. The zero-order valence-corrected chi connectivity index (χ0v) is 14.9. The van der Waals surface area contributed by atoms with Crippen LogP contribution in [-0.2, 0) is 10.9 Å². The highest BCUT2D eigenvalue weighted by atomic mass is 19.4. The van der Waals surface area contributed by atoms with Crippen molar-refractivity contribution < 1.29 is 17.9 Å². The molecule has 1 rings (SSSR count). The van der Waals surface area contributed by atoms with Crippen LogP contribution in [-0.4, -0.2) is 50.8 Å². The summed E-state index contributed by atoms with van der Waals surface area (Å²) in [4.78, 5) is 6.46. The normalized spacial score (nSPS) is 14.0. The van der Waals surface area contributed by atoms with Crippen LogP contribution in [0.15, 0.2) is 29.3 Å². The number of aliphatic imine (C=N–C) groups is 1. The van der Waals surface area contributed by atoms with E-state index in [1.165, 1.54) is 12.1 Å². The van der Waals surface area contributed by atoms with Gasteiger partial charge >= 0.3 is 6.18 Å². The van der Waals surface area contributed by atoms with Crippen molar-refractivity contribution >= 4 is 5.96 Å². The Labute approximate surface area is 147 Å². The van der Waals surface area contributed by atoms with Crippen LogP contribution >= 0.6 is 0 Å². The van der Waals surface area contributed by atoms with E-state index in [0.29, 0.717) is 25.7 Å². The van der Waals surface area contributed by atoms with Crippen LogP contribution < -0.4 is 11.1 Å². The van der Waals surface area contributed by atoms with Crippen molar-refractivity contribution in [3.8, 4) is 0 Å². The molecule has 0 amide bonds. The molecule has 1 atom stereocenters. The van der Waals surface area contributed by atoms with Gasteiger partial charge in [0.1, 0.15) is 0 Å². The minimum atomic E-state index is -4.34. The Morgan fingerprint density at radius 3 is 2.32 bits per heavy atom. The summed E-state index contributed by atoms with van der Waals surface area (Å²) in [6, 6.07) is 5.09. The van der Waals surface area contributed by atoms with E-state index in [4.69, 9.17) is 10.5 Å². The number of hydrogen-bond acceptors (Lipinski definition) is 3. The topological polar surface area (TPSA) is 62.9 Å². The summed E-state index contributed by atoms with van der Waals surface area (Å²) in [5.41, 5.74) is 5.95. The van der Waals surface area contributed by atoms with Gasteiger partial charge in [-0.25, -0.2) is 0 Å². The molecule has 5 nitrogen and oxygen atoms in total. The summed E-state index contributed by atoms with van der Waals surface area (Å²) >= 11 is 0. The molecule has 0 saturated carbocycles. The number of methoxy groups -OCH3 is 1. The zero-order chi connectivity index (χ0) is 18.9. The van der Waals surface area contributed by atoms with Crippen molar-refractivity contribution in [3.63, 3.8) is 0 Å². The minimum Gasteiger partial charge on any atom is -0.383 e. The second kappa shape index (κ2) is 10.2. The quantitative estimate of drug-likeness (QED) is 0.404. The highest BCUT2D eigenvalue weighted by molar-refractivity contribution is 5.77. The van der Waals surface area contributed by atoms with Crippen LogP contribution in [0.4, 0.5) is 13.2 Å². The summed E-state index contributed by atoms with van der Waals surface area (Å²) in [6.45, 7) is 6.94. The van der Waals surface area contributed by atoms with Gasteiger partial charge in [-0.2, -0.15) is 13.2 Å². The van der Waals surface area contributed by atoms with Gasteiger partial charge in [-0.3, -0.25) is 9.89 Å². The van der Waals surface area contributed by atoms with Crippen LogP contribution in [0.1, 0.15) is 31.0 Å². The fraction of sp³-hybridized carbons (Fsp3) is 0.588. The molecule has 0 aliphatic carbocycles. The van der Waals surface area contributed by atoms with Gasteiger partial charge in [-0.05, 0) is 30.8 Å². The molecule has 0 aromatic heterocycles. The number of guanidine groups is 1. The maximum absolute atomic E-state index is 12.7. The molecule has 0 saturated heterocycles. The molecule has 8 heteroatoms. The second-order valence-electron chi connectivity index (χ2n) is 5.50. The van der Waals surface area contributed by atoms with Crippen molar-refractivity contribution in [2.75, 3.05) is 39.9 Å². The molecule has 25 heavy (non-hydrogen) atoms. The lowest BCUT2D eigenvalue weighted by Crippen LogP contribution is -2.36. The van der Waals surface area contributed by atoms with Crippen LogP contribution in [0.25, 0.3) is 0 Å². The Balaban J connectivity index is 2.91. The molecule has 1 aromatic rings. The van der Waals surface area contributed by atoms with Gasteiger partial charge in [0.25, 0.3) is 0 Å². The molecule has 0 fully saturated rings. The van der Waals surface area contributed by atoms with E-state index in [1.807, 2.05) is 13.8 Å². The number of halogens is 3. The molecule has 0 bridgehead atoms. The third-order valence-electron chi connectivity index (χ3n) is 3.92. The third kappa shape index (κ3) is 6.91. The average Bonchev–Trinajstić information content (AvgIpc) is 2.58.